The molecule has 0 fully saturated rings. The fourth-order valence-corrected chi connectivity index (χ4v) is 17.5. The summed E-state index contributed by atoms with van der Waals surface area (Å²) in [5.41, 5.74) is 1.71. The van der Waals surface area contributed by atoms with Gasteiger partial charge in [0, 0.05) is 10.8 Å². The van der Waals surface area contributed by atoms with Crippen LogP contribution in [-0.2, 0) is 44.8 Å². The van der Waals surface area contributed by atoms with E-state index >= 15 is 0 Å². The van der Waals surface area contributed by atoms with Crippen LogP contribution in [0.15, 0.2) is 255 Å². The average molecular weight is 1100 g/mol. The smallest absolute Gasteiger partial charge is 0.366 e. The van der Waals surface area contributed by atoms with E-state index in [1.807, 2.05) is 72.8 Å². The van der Waals surface area contributed by atoms with E-state index in [1.165, 1.54) is 70.2 Å². The summed E-state index contributed by atoms with van der Waals surface area (Å²) in [6, 6.07) is 90.9. The van der Waals surface area contributed by atoms with E-state index in [1.54, 1.807) is 0 Å². The van der Waals surface area contributed by atoms with Crippen LogP contribution < -0.4 is 21.2 Å². The molecule has 0 N–H and O–H groups in total. The number of hydrogen-bond donors (Lipinski definition) is 0. The molecule has 0 radical (unpaired) electrons. The number of benzene rings is 12. The summed E-state index contributed by atoms with van der Waals surface area (Å²) >= 11 is 0. The van der Waals surface area contributed by atoms with Gasteiger partial charge >= 0.3 is 44.8 Å². The van der Waals surface area contributed by atoms with Crippen molar-refractivity contribution in [2.75, 3.05) is 5.90 Å². The van der Waals surface area contributed by atoms with Gasteiger partial charge in [0.25, 0.3) is 0 Å². The topological polar surface area (TPSA) is 0 Å². The quantitative estimate of drug-likeness (QED) is 0.0512. The first-order chi connectivity index (χ1) is 33.2. The fraction of sp³-hybridized carbons (Fsp3) is 0.0154. The molecule has 0 aliphatic heterocycles. The van der Waals surface area contributed by atoms with Gasteiger partial charge in [0.15, 0.2) is 5.90 Å². The van der Waals surface area contributed by atoms with Crippen LogP contribution in [0.4, 0.5) is 0 Å². The molecule has 2 atom stereocenters. The van der Waals surface area contributed by atoms with E-state index < -0.39 is 15.8 Å². The van der Waals surface area contributed by atoms with Crippen molar-refractivity contribution < 1.29 is 44.8 Å². The number of rotatable bonds is 6. The van der Waals surface area contributed by atoms with Crippen molar-refractivity contribution in [1.29, 1.82) is 0 Å². The molecule has 0 aliphatic rings. The van der Waals surface area contributed by atoms with E-state index in [9.17, 15) is 0 Å². The minimum absolute atomic E-state index is 0. The Labute approximate surface area is 439 Å². The van der Waals surface area contributed by atoms with Gasteiger partial charge in [-0.25, -0.2) is 0 Å². The van der Waals surface area contributed by atoms with Gasteiger partial charge in [0.2, 0.25) is 0 Å². The van der Waals surface area contributed by atoms with Crippen LogP contribution in [-0.4, -0.2) is 5.90 Å². The second-order valence-electron chi connectivity index (χ2n) is 16.6. The minimum Gasteiger partial charge on any atom is -0.366 e. The predicted octanol–water partition coefficient (Wildman–Crippen LogP) is 14.8. The first-order valence-corrected chi connectivity index (χ1v) is 26.0. The second kappa shape index (κ2) is 23.3. The zero-order valence-corrected chi connectivity index (χ0v) is 42.5. The van der Waals surface area contributed by atoms with E-state index in [2.05, 4.69) is 194 Å². The Morgan fingerprint density at radius 3 is 0.942 bits per heavy atom. The molecule has 0 saturated heterocycles. The Morgan fingerprint density at radius 1 is 0.275 bits per heavy atom. The Bertz CT molecular complexity index is 3520. The van der Waals surface area contributed by atoms with Crippen LogP contribution in [0.5, 0.6) is 0 Å². The van der Waals surface area contributed by atoms with Crippen LogP contribution in [0.2, 0.25) is 0 Å². The van der Waals surface area contributed by atoms with E-state index in [0.29, 0.717) is 0 Å². The largest absolute Gasteiger partial charge is 1.00 e. The molecule has 0 spiro atoms. The van der Waals surface area contributed by atoms with Gasteiger partial charge in [-0.3, -0.25) is 11.8 Å². The zero-order chi connectivity index (χ0) is 45.4. The number of fused-ring (bicyclic) bond motifs is 8. The molecule has 69 heavy (non-hydrogen) atoms. The molecular formula is C65H46Ag2P2+2. The second-order valence-corrected chi connectivity index (χ2v) is 22.1. The molecular weight excluding hydrogens is 1060 g/mol. The summed E-state index contributed by atoms with van der Waals surface area (Å²) in [6.45, 7) is 0. The number of hydrogen-bond acceptors (Lipinski definition) is 0. The van der Waals surface area contributed by atoms with Crippen molar-refractivity contribution in [3.05, 3.63) is 279 Å². The maximum absolute atomic E-state index is 7.35. The first-order valence-electron chi connectivity index (χ1n) is 22.6. The van der Waals surface area contributed by atoms with E-state index in [0.717, 1.165) is 32.7 Å². The van der Waals surface area contributed by atoms with Gasteiger partial charge in [-0.1, -0.05) is 217 Å². The summed E-state index contributed by atoms with van der Waals surface area (Å²) in [5, 5.41) is 20.9. The molecule has 0 nitrogen and oxygen atoms in total. The molecule has 0 aromatic heterocycles. The third-order valence-electron chi connectivity index (χ3n) is 12.6. The molecule has 0 heterocycles. The standard InChI is InChI=1S/C33H26P2.2C16H9.2Ag/c1-3-17-28(18-4-1)34(32-23-11-15-26-13-7-9-21-30(26)32)25-35(29-19-5-2-6-20-29)33-24-12-16-27-14-8-10-22-31(27)33;2*1-2-12-11-13-7-3-4-9-15(13)16-10-6-5-8-14(12)16;;/h1-24H,25H2;2*3-11H;;/q;2*-1;2*+1/p+2. The Morgan fingerprint density at radius 2 is 0.565 bits per heavy atom. The van der Waals surface area contributed by atoms with Crippen molar-refractivity contribution in [3.63, 3.8) is 0 Å². The van der Waals surface area contributed by atoms with Crippen LogP contribution in [0, 0.1) is 24.7 Å². The van der Waals surface area contributed by atoms with E-state index in [4.69, 9.17) is 12.8 Å². The zero-order valence-electron chi connectivity index (χ0n) is 37.6. The van der Waals surface area contributed by atoms with Crippen LogP contribution in [0.1, 0.15) is 11.1 Å². The van der Waals surface area contributed by atoms with Crippen LogP contribution in [0.3, 0.4) is 0 Å². The van der Waals surface area contributed by atoms with Crippen LogP contribution >= 0.6 is 15.8 Å². The molecule has 0 saturated carbocycles. The maximum atomic E-state index is 7.35. The summed E-state index contributed by atoms with van der Waals surface area (Å²) in [7, 11) is -2.08. The monoisotopic (exact) mass is 1100 g/mol. The maximum Gasteiger partial charge on any atom is 1.00 e. The Balaban J connectivity index is 0.000000157. The molecule has 2 unspecified atom stereocenters. The van der Waals surface area contributed by atoms with Crippen molar-refractivity contribution >= 4 is 102 Å². The third-order valence-corrected chi connectivity index (χ3v) is 19.7. The SMILES string of the molecule is [Ag+].[Ag+].[C-]#Cc1cc2ccccc2c2ccccc12.[C-]#Cc1cc2ccccc2c2ccccc12.c1ccc([PH+](C[PH+](c2ccccc2)c2cccc3ccccc23)c2cccc3ccccc23)cc1. The molecule has 4 heteroatoms. The molecule has 12 aromatic carbocycles. The Hall–Kier alpha value is -6.34. The van der Waals surface area contributed by atoms with Gasteiger partial charge < -0.3 is 12.8 Å². The molecule has 0 aliphatic carbocycles. The van der Waals surface area contributed by atoms with Crippen molar-refractivity contribution in [3.8, 4) is 11.8 Å². The minimum atomic E-state index is -1.04. The van der Waals surface area contributed by atoms with E-state index in [-0.39, 0.29) is 44.8 Å². The van der Waals surface area contributed by atoms with Gasteiger partial charge in [0.05, 0.1) is 0 Å². The van der Waals surface area contributed by atoms with Gasteiger partial charge in [0.1, 0.15) is 37.1 Å². The fourth-order valence-electron chi connectivity index (χ4n) is 9.45. The molecule has 0 amide bonds. The van der Waals surface area contributed by atoms with Gasteiger partial charge in [-0.2, -0.15) is 0 Å². The normalized spacial score (nSPS) is 11.4. The molecule has 12 aromatic rings. The summed E-state index contributed by atoms with van der Waals surface area (Å²) < 4.78 is 0. The third kappa shape index (κ3) is 10.6. The average Bonchev–Trinajstić information content (AvgIpc) is 3.41. The van der Waals surface area contributed by atoms with Crippen molar-refractivity contribution in [2.24, 2.45) is 0 Å². The van der Waals surface area contributed by atoms with Gasteiger partial charge in [-0.15, -0.1) is 23.3 Å². The van der Waals surface area contributed by atoms with Gasteiger partial charge in [-0.05, 0) is 79.5 Å². The van der Waals surface area contributed by atoms with Crippen molar-refractivity contribution in [1.82, 2.24) is 0 Å². The molecule has 0 bridgehead atoms. The molecule has 336 valence electrons. The molecule has 12 rings (SSSR count). The summed E-state index contributed by atoms with van der Waals surface area (Å²) in [5.74, 6) is 6.22. The first kappa shape index (κ1) is 49.1. The summed E-state index contributed by atoms with van der Waals surface area (Å²) in [6.07, 6.45) is 14.7. The predicted molar refractivity (Wildman–Crippen MR) is 296 cm³/mol. The Kier molecular flexibility index (Phi) is 16.6. The van der Waals surface area contributed by atoms with Crippen LogP contribution in [0.25, 0.3) is 64.6 Å². The summed E-state index contributed by atoms with van der Waals surface area (Å²) in [4.78, 5) is 0. The van der Waals surface area contributed by atoms with Crippen molar-refractivity contribution in [2.45, 2.75) is 0 Å².